The molecule has 0 atom stereocenters. The lowest BCUT2D eigenvalue weighted by atomic mass is 10.3. The van der Waals surface area contributed by atoms with E-state index >= 15 is 0 Å². The van der Waals surface area contributed by atoms with Gasteiger partial charge in [-0.3, -0.25) is 0 Å². The van der Waals surface area contributed by atoms with Crippen LogP contribution in [0.5, 0.6) is 0 Å². The molecule has 0 aliphatic heterocycles. The fourth-order valence-electron chi connectivity index (χ4n) is 1.38. The van der Waals surface area contributed by atoms with Crippen LogP contribution in [0.3, 0.4) is 0 Å². The van der Waals surface area contributed by atoms with Crippen LogP contribution in [-0.4, -0.2) is 45.8 Å². The zero-order chi connectivity index (χ0) is 12.0. The molecule has 0 saturated carbocycles. The summed E-state index contributed by atoms with van der Waals surface area (Å²) in [4.78, 5) is 2.35. The molecule has 1 rings (SSSR count). The number of rotatable bonds is 7. The van der Waals surface area contributed by atoms with Crippen LogP contribution in [-0.2, 0) is 13.6 Å². The Morgan fingerprint density at radius 1 is 1.50 bits per heavy atom. The molecule has 1 heterocycles. The first-order valence-electron chi connectivity index (χ1n) is 5.85. The van der Waals surface area contributed by atoms with Crippen molar-refractivity contribution in [3.8, 4) is 0 Å². The van der Waals surface area contributed by atoms with Crippen molar-refractivity contribution in [2.75, 3.05) is 20.1 Å². The molecule has 0 unspecified atom stereocenters. The van der Waals surface area contributed by atoms with Crippen LogP contribution in [0.15, 0.2) is 6.33 Å². The van der Waals surface area contributed by atoms with Crippen LogP contribution in [0.1, 0.15) is 26.1 Å². The molecule has 92 valence electrons. The van der Waals surface area contributed by atoms with Gasteiger partial charge in [0, 0.05) is 13.1 Å². The third-order valence-corrected chi connectivity index (χ3v) is 2.83. The summed E-state index contributed by atoms with van der Waals surface area (Å²) >= 11 is 0. The van der Waals surface area contributed by atoms with Crippen LogP contribution in [0, 0.1) is 0 Å². The van der Waals surface area contributed by atoms with E-state index in [9.17, 15) is 0 Å². The van der Waals surface area contributed by atoms with Gasteiger partial charge in [-0.1, -0.05) is 0 Å². The van der Waals surface area contributed by atoms with Gasteiger partial charge < -0.3 is 14.8 Å². The first-order chi connectivity index (χ1) is 7.61. The van der Waals surface area contributed by atoms with E-state index in [0.29, 0.717) is 6.04 Å². The molecule has 5 heteroatoms. The monoisotopic (exact) mass is 225 g/mol. The molecule has 0 saturated heterocycles. The summed E-state index contributed by atoms with van der Waals surface area (Å²) in [6.07, 6.45) is 2.89. The first kappa shape index (κ1) is 13.1. The normalized spacial score (nSPS) is 11.6. The van der Waals surface area contributed by atoms with Crippen molar-refractivity contribution in [2.24, 2.45) is 7.05 Å². The van der Waals surface area contributed by atoms with Crippen molar-refractivity contribution in [2.45, 2.75) is 32.9 Å². The second-order valence-electron chi connectivity index (χ2n) is 4.46. The second kappa shape index (κ2) is 6.60. The van der Waals surface area contributed by atoms with E-state index in [4.69, 9.17) is 0 Å². The van der Waals surface area contributed by atoms with E-state index < -0.39 is 0 Å². The Hall–Kier alpha value is -0.940. The highest BCUT2D eigenvalue weighted by Gasteiger charge is 2.02. The summed E-state index contributed by atoms with van der Waals surface area (Å²) in [5.74, 6) is 0.984. The van der Waals surface area contributed by atoms with Gasteiger partial charge in [0.1, 0.15) is 12.2 Å². The summed E-state index contributed by atoms with van der Waals surface area (Å²) < 4.78 is 1.94. The summed E-state index contributed by atoms with van der Waals surface area (Å²) in [5, 5.41) is 11.2. The van der Waals surface area contributed by atoms with Gasteiger partial charge in [-0.05, 0) is 40.4 Å². The molecule has 1 aromatic rings. The number of nitrogens with one attached hydrogen (secondary N) is 1. The highest BCUT2D eigenvalue weighted by atomic mass is 15.3. The molecule has 5 nitrogen and oxygen atoms in total. The van der Waals surface area contributed by atoms with E-state index in [1.54, 1.807) is 6.33 Å². The molecular formula is C11H23N5. The molecule has 0 fully saturated rings. The average molecular weight is 225 g/mol. The molecule has 0 amide bonds. The molecule has 0 radical (unpaired) electrons. The zero-order valence-corrected chi connectivity index (χ0v) is 10.8. The van der Waals surface area contributed by atoms with E-state index in [0.717, 1.165) is 31.9 Å². The number of aromatic nitrogens is 3. The Morgan fingerprint density at radius 3 is 2.81 bits per heavy atom. The lowest BCUT2D eigenvalue weighted by molar-refractivity contribution is 0.269. The molecule has 0 aliphatic rings. The standard InChI is InChI=1S/C11H23N5/c1-10(2)15(3)7-5-6-12-8-11-14-13-9-16(11)4/h9-10,12H,5-8H2,1-4H3. The van der Waals surface area contributed by atoms with Gasteiger partial charge >= 0.3 is 0 Å². The Kier molecular flexibility index (Phi) is 5.42. The summed E-state index contributed by atoms with van der Waals surface area (Å²) in [6.45, 7) is 7.37. The molecule has 0 aromatic carbocycles. The predicted octanol–water partition coefficient (Wildman–Crippen LogP) is 0.635. The van der Waals surface area contributed by atoms with Crippen LogP contribution < -0.4 is 5.32 Å². The zero-order valence-electron chi connectivity index (χ0n) is 10.8. The molecule has 0 spiro atoms. The van der Waals surface area contributed by atoms with Crippen molar-refractivity contribution in [1.82, 2.24) is 25.0 Å². The molecule has 0 aliphatic carbocycles. The highest BCUT2D eigenvalue weighted by molar-refractivity contribution is 4.82. The van der Waals surface area contributed by atoms with Gasteiger partial charge in [0.25, 0.3) is 0 Å². The fraction of sp³-hybridized carbons (Fsp3) is 0.818. The summed E-state index contributed by atoms with van der Waals surface area (Å²) in [5.41, 5.74) is 0. The van der Waals surface area contributed by atoms with Gasteiger partial charge in [-0.25, -0.2) is 0 Å². The van der Waals surface area contributed by atoms with E-state index in [2.05, 4.69) is 41.3 Å². The summed E-state index contributed by atoms with van der Waals surface area (Å²) in [7, 11) is 4.12. The van der Waals surface area contributed by atoms with Crippen LogP contribution >= 0.6 is 0 Å². The number of nitrogens with zero attached hydrogens (tertiary/aromatic N) is 4. The Morgan fingerprint density at radius 2 is 2.25 bits per heavy atom. The van der Waals surface area contributed by atoms with Gasteiger partial charge in [-0.2, -0.15) is 0 Å². The van der Waals surface area contributed by atoms with Crippen molar-refractivity contribution in [1.29, 1.82) is 0 Å². The van der Waals surface area contributed by atoms with Gasteiger partial charge in [0.2, 0.25) is 0 Å². The van der Waals surface area contributed by atoms with Gasteiger partial charge in [-0.15, -0.1) is 10.2 Å². The largest absolute Gasteiger partial charge is 0.320 e. The smallest absolute Gasteiger partial charge is 0.146 e. The Balaban J connectivity index is 2.07. The third-order valence-electron chi connectivity index (χ3n) is 2.83. The van der Waals surface area contributed by atoms with Crippen molar-refractivity contribution in [3.05, 3.63) is 12.2 Å². The molecule has 16 heavy (non-hydrogen) atoms. The van der Waals surface area contributed by atoms with Crippen LogP contribution in [0.4, 0.5) is 0 Å². The lowest BCUT2D eigenvalue weighted by Crippen LogP contribution is -2.29. The van der Waals surface area contributed by atoms with Gasteiger partial charge in [0.15, 0.2) is 0 Å². The van der Waals surface area contributed by atoms with E-state index in [-0.39, 0.29) is 0 Å². The lowest BCUT2D eigenvalue weighted by Gasteiger charge is -2.20. The fourth-order valence-corrected chi connectivity index (χ4v) is 1.38. The summed E-state index contributed by atoms with van der Waals surface area (Å²) in [6, 6.07) is 0.624. The van der Waals surface area contributed by atoms with Crippen molar-refractivity contribution >= 4 is 0 Å². The van der Waals surface area contributed by atoms with Crippen LogP contribution in [0.25, 0.3) is 0 Å². The third kappa shape index (κ3) is 4.28. The van der Waals surface area contributed by atoms with Crippen LogP contribution in [0.2, 0.25) is 0 Å². The minimum atomic E-state index is 0.624. The number of hydrogen-bond donors (Lipinski definition) is 1. The minimum absolute atomic E-state index is 0.624. The van der Waals surface area contributed by atoms with Crippen molar-refractivity contribution < 1.29 is 0 Å². The van der Waals surface area contributed by atoms with E-state index in [1.165, 1.54) is 0 Å². The minimum Gasteiger partial charge on any atom is -0.320 e. The topological polar surface area (TPSA) is 46.0 Å². The first-order valence-corrected chi connectivity index (χ1v) is 5.85. The average Bonchev–Trinajstić information content (AvgIpc) is 2.63. The second-order valence-corrected chi connectivity index (χ2v) is 4.46. The number of aryl methyl sites for hydroxylation is 1. The SMILES string of the molecule is CC(C)N(C)CCCNCc1nncn1C. The predicted molar refractivity (Wildman–Crippen MR) is 65.1 cm³/mol. The Labute approximate surface area is 97.9 Å². The van der Waals surface area contributed by atoms with Gasteiger partial charge in [0.05, 0.1) is 6.54 Å². The number of hydrogen-bond acceptors (Lipinski definition) is 4. The highest BCUT2D eigenvalue weighted by Crippen LogP contribution is 1.95. The maximum absolute atomic E-state index is 4.02. The Bertz CT molecular complexity index is 294. The van der Waals surface area contributed by atoms with Crippen molar-refractivity contribution in [3.63, 3.8) is 0 Å². The maximum atomic E-state index is 4.02. The molecule has 1 aromatic heterocycles. The quantitative estimate of drug-likeness (QED) is 0.692. The molecule has 1 N–H and O–H groups in total. The molecular weight excluding hydrogens is 202 g/mol. The van der Waals surface area contributed by atoms with E-state index in [1.807, 2.05) is 11.6 Å². The maximum Gasteiger partial charge on any atom is 0.146 e. The molecule has 0 bridgehead atoms.